The van der Waals surface area contributed by atoms with Gasteiger partial charge in [-0.25, -0.2) is 0 Å². The third-order valence-corrected chi connectivity index (χ3v) is 4.95. The van der Waals surface area contributed by atoms with Gasteiger partial charge < -0.3 is 9.42 Å². The fraction of sp³-hybridized carbons (Fsp3) is 0.333. The Hall–Kier alpha value is -3.02. The molecule has 1 saturated heterocycles. The Morgan fingerprint density at radius 3 is 2.85 bits per heavy atom. The van der Waals surface area contributed by atoms with E-state index in [4.69, 9.17) is 4.52 Å². The van der Waals surface area contributed by atoms with Gasteiger partial charge >= 0.3 is 0 Å². The number of carbonyl (C=O) groups is 1. The van der Waals surface area contributed by atoms with Gasteiger partial charge in [-0.2, -0.15) is 4.98 Å². The minimum atomic E-state index is 0.113. The van der Waals surface area contributed by atoms with E-state index in [1.54, 1.807) is 6.20 Å². The van der Waals surface area contributed by atoms with E-state index in [0.29, 0.717) is 24.6 Å². The van der Waals surface area contributed by atoms with E-state index in [9.17, 15) is 4.79 Å². The molecule has 1 aromatic carbocycles. The van der Waals surface area contributed by atoms with Crippen molar-refractivity contribution in [2.24, 2.45) is 0 Å². The smallest absolute Gasteiger partial charge is 0.227 e. The van der Waals surface area contributed by atoms with Crippen molar-refractivity contribution in [1.29, 1.82) is 0 Å². The Kier molecular flexibility index (Phi) is 5.23. The van der Waals surface area contributed by atoms with Crippen LogP contribution in [0.4, 0.5) is 0 Å². The van der Waals surface area contributed by atoms with Gasteiger partial charge in [0, 0.05) is 37.3 Å². The molecule has 6 heteroatoms. The second-order valence-electron chi connectivity index (χ2n) is 6.76. The Balaban J connectivity index is 1.40. The molecule has 1 aliphatic rings. The molecule has 1 atom stereocenters. The third-order valence-electron chi connectivity index (χ3n) is 4.95. The van der Waals surface area contributed by atoms with Crippen LogP contribution in [0.3, 0.4) is 0 Å². The van der Waals surface area contributed by atoms with Crippen LogP contribution < -0.4 is 0 Å². The van der Waals surface area contributed by atoms with Crippen molar-refractivity contribution < 1.29 is 9.32 Å². The molecule has 1 amide bonds. The summed E-state index contributed by atoms with van der Waals surface area (Å²) >= 11 is 0. The zero-order valence-corrected chi connectivity index (χ0v) is 15.1. The summed E-state index contributed by atoms with van der Waals surface area (Å²) in [5.74, 6) is 1.18. The molecule has 0 N–H and O–H groups in total. The quantitative estimate of drug-likeness (QED) is 0.690. The molecule has 0 aliphatic carbocycles. The van der Waals surface area contributed by atoms with Crippen LogP contribution >= 0.6 is 0 Å². The van der Waals surface area contributed by atoms with Crippen LogP contribution in [0.2, 0.25) is 0 Å². The first-order valence-corrected chi connectivity index (χ1v) is 9.38. The number of nitrogens with zero attached hydrogens (tertiary/aromatic N) is 4. The number of piperidine rings is 1. The maximum absolute atomic E-state index is 12.8. The molecule has 138 valence electrons. The second kappa shape index (κ2) is 8.12. The zero-order chi connectivity index (χ0) is 18.5. The van der Waals surface area contributed by atoms with Gasteiger partial charge in [-0.05, 0) is 30.9 Å². The fourth-order valence-electron chi connectivity index (χ4n) is 3.57. The average Bonchev–Trinajstić information content (AvgIpc) is 3.22. The molecule has 4 rings (SSSR count). The summed E-state index contributed by atoms with van der Waals surface area (Å²) in [5.41, 5.74) is 2.02. The molecule has 3 aromatic rings. The monoisotopic (exact) mass is 362 g/mol. The molecule has 2 aromatic heterocycles. The van der Waals surface area contributed by atoms with Crippen LogP contribution in [-0.4, -0.2) is 32.5 Å². The predicted molar refractivity (Wildman–Crippen MR) is 101 cm³/mol. The lowest BCUT2D eigenvalue weighted by atomic mass is 9.96. The standard InChI is InChI=1S/C21H22N4O2/c26-20(25-14-5-4-10-18(25)17-9-6-13-22-15-17)12-11-19-23-21(24-27-19)16-7-2-1-3-8-16/h1-3,6-9,13,15,18H,4-5,10-12,14H2. The van der Waals surface area contributed by atoms with Crippen LogP contribution in [0.1, 0.15) is 43.2 Å². The summed E-state index contributed by atoms with van der Waals surface area (Å²) in [6, 6.07) is 13.8. The molecular formula is C21H22N4O2. The highest BCUT2D eigenvalue weighted by molar-refractivity contribution is 5.77. The topological polar surface area (TPSA) is 72.1 Å². The van der Waals surface area contributed by atoms with Gasteiger partial charge in [-0.1, -0.05) is 41.6 Å². The zero-order valence-electron chi connectivity index (χ0n) is 15.1. The van der Waals surface area contributed by atoms with Crippen molar-refractivity contribution in [2.75, 3.05) is 6.54 Å². The van der Waals surface area contributed by atoms with E-state index in [1.165, 1.54) is 0 Å². The number of benzene rings is 1. The number of hydrogen-bond donors (Lipinski definition) is 0. The van der Waals surface area contributed by atoms with Crippen LogP contribution in [0.15, 0.2) is 59.4 Å². The number of pyridine rings is 1. The van der Waals surface area contributed by atoms with Gasteiger partial charge in [0.15, 0.2) is 0 Å². The molecule has 0 bridgehead atoms. The van der Waals surface area contributed by atoms with Gasteiger partial charge in [0.1, 0.15) is 0 Å². The van der Waals surface area contributed by atoms with Crippen molar-refractivity contribution in [3.63, 3.8) is 0 Å². The maximum Gasteiger partial charge on any atom is 0.227 e. The van der Waals surface area contributed by atoms with E-state index < -0.39 is 0 Å². The van der Waals surface area contributed by atoms with Gasteiger partial charge in [0.2, 0.25) is 17.6 Å². The van der Waals surface area contributed by atoms with Crippen LogP contribution in [0.25, 0.3) is 11.4 Å². The lowest BCUT2D eigenvalue weighted by Gasteiger charge is -2.36. The number of aromatic nitrogens is 3. The maximum atomic E-state index is 12.8. The molecular weight excluding hydrogens is 340 g/mol. The first-order chi connectivity index (χ1) is 13.3. The van der Waals surface area contributed by atoms with Gasteiger partial charge in [0.05, 0.1) is 6.04 Å². The highest BCUT2D eigenvalue weighted by atomic mass is 16.5. The van der Waals surface area contributed by atoms with E-state index in [1.807, 2.05) is 53.6 Å². The van der Waals surface area contributed by atoms with E-state index in [-0.39, 0.29) is 11.9 Å². The Labute approximate surface area is 158 Å². The highest BCUT2D eigenvalue weighted by Crippen LogP contribution is 2.31. The summed E-state index contributed by atoms with van der Waals surface area (Å²) in [7, 11) is 0. The first-order valence-electron chi connectivity index (χ1n) is 9.38. The normalized spacial score (nSPS) is 17.0. The van der Waals surface area contributed by atoms with Gasteiger partial charge in [-0.15, -0.1) is 0 Å². The molecule has 0 radical (unpaired) electrons. The molecule has 0 spiro atoms. The fourth-order valence-corrected chi connectivity index (χ4v) is 3.57. The molecule has 27 heavy (non-hydrogen) atoms. The number of amides is 1. The number of carbonyl (C=O) groups excluding carboxylic acids is 1. The molecule has 1 unspecified atom stereocenters. The molecule has 0 saturated carbocycles. The first kappa shape index (κ1) is 17.4. The van der Waals surface area contributed by atoms with E-state index >= 15 is 0 Å². The van der Waals surface area contributed by atoms with Crippen molar-refractivity contribution >= 4 is 5.91 Å². The summed E-state index contributed by atoms with van der Waals surface area (Å²) in [6.07, 6.45) is 7.60. The van der Waals surface area contributed by atoms with Crippen LogP contribution in [-0.2, 0) is 11.2 Å². The predicted octanol–water partition coefficient (Wildman–Crippen LogP) is 3.82. The van der Waals surface area contributed by atoms with E-state index in [2.05, 4.69) is 15.1 Å². The number of aryl methyl sites for hydroxylation is 1. The largest absolute Gasteiger partial charge is 0.339 e. The molecule has 6 nitrogen and oxygen atoms in total. The highest BCUT2D eigenvalue weighted by Gasteiger charge is 2.28. The minimum Gasteiger partial charge on any atom is -0.339 e. The van der Waals surface area contributed by atoms with Gasteiger partial charge in [-0.3, -0.25) is 9.78 Å². The lowest BCUT2D eigenvalue weighted by Crippen LogP contribution is -2.38. The van der Waals surface area contributed by atoms with Crippen LogP contribution in [0, 0.1) is 0 Å². The van der Waals surface area contributed by atoms with E-state index in [0.717, 1.165) is 36.9 Å². The van der Waals surface area contributed by atoms with Crippen molar-refractivity contribution in [3.8, 4) is 11.4 Å². The SMILES string of the molecule is O=C(CCc1nc(-c2ccccc2)no1)N1CCCCC1c1cccnc1. The number of rotatable bonds is 5. The van der Waals surface area contributed by atoms with Gasteiger partial charge in [0.25, 0.3) is 0 Å². The minimum absolute atomic E-state index is 0.113. The summed E-state index contributed by atoms with van der Waals surface area (Å²) in [4.78, 5) is 23.5. The Morgan fingerprint density at radius 1 is 1.15 bits per heavy atom. The van der Waals surface area contributed by atoms with Crippen molar-refractivity contribution in [1.82, 2.24) is 20.0 Å². The Bertz CT molecular complexity index is 879. The number of hydrogen-bond acceptors (Lipinski definition) is 5. The number of likely N-dealkylation sites (tertiary alicyclic amines) is 1. The van der Waals surface area contributed by atoms with Crippen molar-refractivity contribution in [3.05, 3.63) is 66.3 Å². The molecule has 3 heterocycles. The lowest BCUT2D eigenvalue weighted by molar-refractivity contribution is -0.135. The van der Waals surface area contributed by atoms with Crippen LogP contribution in [0.5, 0.6) is 0 Å². The Morgan fingerprint density at radius 2 is 2.04 bits per heavy atom. The van der Waals surface area contributed by atoms with Crippen molar-refractivity contribution in [2.45, 2.75) is 38.1 Å². The second-order valence-corrected chi connectivity index (χ2v) is 6.76. The summed E-state index contributed by atoms with van der Waals surface area (Å²) < 4.78 is 5.33. The third kappa shape index (κ3) is 4.05. The molecule has 1 aliphatic heterocycles. The molecule has 1 fully saturated rings. The summed E-state index contributed by atoms with van der Waals surface area (Å²) in [5, 5.41) is 4.02. The summed E-state index contributed by atoms with van der Waals surface area (Å²) in [6.45, 7) is 0.789. The average molecular weight is 362 g/mol.